The van der Waals surface area contributed by atoms with Gasteiger partial charge in [-0.25, -0.2) is 0 Å². The van der Waals surface area contributed by atoms with Gasteiger partial charge in [-0.15, -0.1) is 0 Å². The number of ketones is 1. The van der Waals surface area contributed by atoms with Crippen LogP contribution in [0, 0.1) is 0 Å². The molecule has 0 saturated carbocycles. The third-order valence-corrected chi connectivity index (χ3v) is 4.14. The van der Waals surface area contributed by atoms with Crippen LogP contribution in [0.1, 0.15) is 16.7 Å². The minimum Gasteiger partial charge on any atom is -0.493 e. The zero-order valence-corrected chi connectivity index (χ0v) is 11.9. The monoisotopic (exact) mass is 292 g/mol. The molecule has 0 atom stereocenters. The van der Waals surface area contributed by atoms with Crippen molar-refractivity contribution in [2.45, 2.75) is 19.3 Å². The van der Waals surface area contributed by atoms with E-state index in [2.05, 4.69) is 0 Å². The molecule has 3 rings (SSSR count). The molecule has 0 amide bonds. The number of carbonyl (C=O) groups is 1. The van der Waals surface area contributed by atoms with Crippen LogP contribution in [0.15, 0.2) is 29.0 Å². The first-order valence-corrected chi connectivity index (χ1v) is 7.51. The molecule has 0 spiro atoms. The molecular weight excluding hydrogens is 280 g/mol. The summed E-state index contributed by atoms with van der Waals surface area (Å²) in [5, 5.41) is 4.68. The Labute approximate surface area is 121 Å². The zero-order valence-electron chi connectivity index (χ0n) is 10.3. The van der Waals surface area contributed by atoms with Crippen molar-refractivity contribution in [3.05, 3.63) is 50.7 Å². The molecule has 1 aliphatic rings. The fraction of sp³-hybridized carbons (Fsp3) is 0.267. The number of hydrogen-bond acceptors (Lipinski definition) is 3. The van der Waals surface area contributed by atoms with Crippen LogP contribution in [0.5, 0.6) is 5.75 Å². The Morgan fingerprint density at radius 3 is 3.05 bits per heavy atom. The minimum atomic E-state index is 0.193. The molecular formula is C15H13ClO2S. The predicted molar refractivity (Wildman–Crippen MR) is 77.4 cm³/mol. The first-order valence-electron chi connectivity index (χ1n) is 6.19. The van der Waals surface area contributed by atoms with E-state index in [1.54, 1.807) is 11.3 Å². The van der Waals surface area contributed by atoms with Crippen molar-refractivity contribution in [1.29, 1.82) is 0 Å². The number of Topliss-reactive ketones (excluding diaryl/α,β-unsaturated/α-hetero) is 1. The second kappa shape index (κ2) is 5.35. The van der Waals surface area contributed by atoms with Crippen molar-refractivity contribution in [2.24, 2.45) is 0 Å². The summed E-state index contributed by atoms with van der Waals surface area (Å²) in [7, 11) is 0. The Bertz CT molecular complexity index is 605. The van der Waals surface area contributed by atoms with Crippen LogP contribution in [-0.2, 0) is 24.1 Å². The highest BCUT2D eigenvalue weighted by molar-refractivity contribution is 7.08. The highest BCUT2D eigenvalue weighted by Crippen LogP contribution is 2.33. The normalized spacial score (nSPS) is 13.1. The zero-order chi connectivity index (χ0) is 13.2. The van der Waals surface area contributed by atoms with Crippen LogP contribution in [0.2, 0.25) is 5.02 Å². The molecule has 2 nitrogen and oxygen atoms in total. The number of fused-ring (bicyclic) bond motifs is 1. The first kappa shape index (κ1) is 12.7. The van der Waals surface area contributed by atoms with E-state index in [1.165, 1.54) is 0 Å². The largest absolute Gasteiger partial charge is 0.493 e. The molecule has 0 bridgehead atoms. The van der Waals surface area contributed by atoms with E-state index in [-0.39, 0.29) is 5.78 Å². The quantitative estimate of drug-likeness (QED) is 0.859. The Balaban J connectivity index is 1.78. The van der Waals surface area contributed by atoms with Crippen LogP contribution >= 0.6 is 22.9 Å². The van der Waals surface area contributed by atoms with Crippen molar-refractivity contribution in [2.75, 3.05) is 6.61 Å². The van der Waals surface area contributed by atoms with E-state index >= 15 is 0 Å². The van der Waals surface area contributed by atoms with Crippen molar-refractivity contribution < 1.29 is 9.53 Å². The molecule has 1 aromatic carbocycles. The molecule has 19 heavy (non-hydrogen) atoms. The third-order valence-electron chi connectivity index (χ3n) is 3.19. The van der Waals surface area contributed by atoms with E-state index < -0.39 is 0 Å². The molecule has 2 heterocycles. The number of benzene rings is 1. The lowest BCUT2D eigenvalue weighted by Crippen LogP contribution is -2.07. The summed E-state index contributed by atoms with van der Waals surface area (Å²) >= 11 is 7.70. The summed E-state index contributed by atoms with van der Waals surface area (Å²) in [4.78, 5) is 12.1. The van der Waals surface area contributed by atoms with Gasteiger partial charge >= 0.3 is 0 Å². The average Bonchev–Trinajstić information content (AvgIpc) is 2.99. The van der Waals surface area contributed by atoms with Crippen LogP contribution < -0.4 is 4.74 Å². The third kappa shape index (κ3) is 2.82. The molecule has 0 N–H and O–H groups in total. The number of ether oxygens (including phenoxy) is 1. The smallest absolute Gasteiger partial charge is 0.141 e. The van der Waals surface area contributed by atoms with Crippen molar-refractivity contribution in [3.8, 4) is 5.75 Å². The van der Waals surface area contributed by atoms with Gasteiger partial charge < -0.3 is 4.74 Å². The van der Waals surface area contributed by atoms with E-state index in [1.807, 2.05) is 29.0 Å². The number of carbonyl (C=O) groups excluding carboxylic acids is 1. The van der Waals surface area contributed by atoms with Gasteiger partial charge in [0.15, 0.2) is 0 Å². The summed E-state index contributed by atoms with van der Waals surface area (Å²) in [6.45, 7) is 0.682. The van der Waals surface area contributed by atoms with E-state index in [0.717, 1.165) is 28.9 Å². The molecule has 1 aliphatic heterocycles. The van der Waals surface area contributed by atoms with Crippen molar-refractivity contribution in [1.82, 2.24) is 0 Å². The fourth-order valence-corrected chi connectivity index (χ4v) is 3.31. The molecule has 4 heteroatoms. The van der Waals surface area contributed by atoms with Gasteiger partial charge in [0, 0.05) is 29.8 Å². The lowest BCUT2D eigenvalue weighted by molar-refractivity contribution is -0.117. The maximum atomic E-state index is 12.1. The molecule has 98 valence electrons. The standard InChI is InChI=1S/C15H13ClO2S/c16-13-6-11-1-3-18-15(11)12(7-13)8-14(17)5-10-2-4-19-9-10/h2,4,6-7,9H,1,3,5,8H2. The van der Waals surface area contributed by atoms with Gasteiger partial charge in [-0.3, -0.25) is 4.79 Å². The van der Waals surface area contributed by atoms with E-state index in [9.17, 15) is 4.79 Å². The molecule has 0 unspecified atom stereocenters. The Morgan fingerprint density at radius 2 is 2.26 bits per heavy atom. The maximum Gasteiger partial charge on any atom is 0.141 e. The topological polar surface area (TPSA) is 26.3 Å². The Hall–Kier alpha value is -1.32. The van der Waals surface area contributed by atoms with E-state index in [4.69, 9.17) is 16.3 Å². The van der Waals surface area contributed by atoms with Gasteiger partial charge in [-0.05, 0) is 40.1 Å². The Morgan fingerprint density at radius 1 is 1.37 bits per heavy atom. The van der Waals surface area contributed by atoms with Crippen LogP contribution in [-0.4, -0.2) is 12.4 Å². The SMILES string of the molecule is O=C(Cc1ccsc1)Cc1cc(Cl)cc2c1OCC2. The highest BCUT2D eigenvalue weighted by Gasteiger charge is 2.19. The van der Waals surface area contributed by atoms with Gasteiger partial charge in [0.1, 0.15) is 11.5 Å². The maximum absolute atomic E-state index is 12.1. The number of halogens is 1. The summed E-state index contributed by atoms with van der Waals surface area (Å²) in [6.07, 6.45) is 1.74. The van der Waals surface area contributed by atoms with Gasteiger partial charge in [0.2, 0.25) is 0 Å². The number of rotatable bonds is 4. The van der Waals surface area contributed by atoms with Gasteiger partial charge in [0.25, 0.3) is 0 Å². The van der Waals surface area contributed by atoms with Crippen molar-refractivity contribution >= 4 is 28.7 Å². The summed E-state index contributed by atoms with van der Waals surface area (Å²) in [5.74, 6) is 1.06. The highest BCUT2D eigenvalue weighted by atomic mass is 35.5. The molecule has 1 aromatic heterocycles. The minimum absolute atomic E-state index is 0.193. The molecule has 0 aliphatic carbocycles. The second-order valence-corrected chi connectivity index (χ2v) is 5.89. The van der Waals surface area contributed by atoms with Crippen LogP contribution in [0.4, 0.5) is 0 Å². The summed E-state index contributed by atoms with van der Waals surface area (Å²) in [5.41, 5.74) is 3.11. The molecule has 0 radical (unpaired) electrons. The van der Waals surface area contributed by atoms with Crippen molar-refractivity contribution in [3.63, 3.8) is 0 Å². The Kier molecular flexibility index (Phi) is 3.58. The first-order chi connectivity index (χ1) is 9.22. The molecule has 2 aromatic rings. The molecule has 0 fully saturated rings. The summed E-state index contributed by atoms with van der Waals surface area (Å²) in [6, 6.07) is 5.76. The van der Waals surface area contributed by atoms with Gasteiger partial charge in [-0.1, -0.05) is 11.6 Å². The lowest BCUT2D eigenvalue weighted by Gasteiger charge is -2.08. The number of hydrogen-bond donors (Lipinski definition) is 0. The molecule has 0 saturated heterocycles. The fourth-order valence-electron chi connectivity index (χ4n) is 2.37. The van der Waals surface area contributed by atoms with E-state index in [0.29, 0.717) is 24.5 Å². The van der Waals surface area contributed by atoms with Gasteiger partial charge in [-0.2, -0.15) is 11.3 Å². The predicted octanol–water partition coefficient (Wildman–Crippen LogP) is 3.69. The van der Waals surface area contributed by atoms with Crippen LogP contribution in [0.3, 0.4) is 0 Å². The number of thiophene rings is 1. The lowest BCUT2D eigenvalue weighted by atomic mass is 10.0. The van der Waals surface area contributed by atoms with Crippen LogP contribution in [0.25, 0.3) is 0 Å². The average molecular weight is 293 g/mol. The second-order valence-electron chi connectivity index (χ2n) is 4.68. The summed E-state index contributed by atoms with van der Waals surface area (Å²) < 4.78 is 5.61. The van der Waals surface area contributed by atoms with Gasteiger partial charge in [0.05, 0.1) is 6.61 Å².